The van der Waals surface area contributed by atoms with Crippen LogP contribution in [0.15, 0.2) is 45.6 Å². The molecule has 3 aromatic rings. The van der Waals surface area contributed by atoms with E-state index in [4.69, 9.17) is 16.1 Å². The Bertz CT molecular complexity index is 1020. The van der Waals surface area contributed by atoms with E-state index in [1.807, 2.05) is 16.8 Å². The normalized spacial score (nSPS) is 18.4. The minimum atomic E-state index is -3.38. The van der Waals surface area contributed by atoms with E-state index in [1.54, 1.807) is 39.9 Å². The predicted octanol–water partition coefficient (Wildman–Crippen LogP) is 4.24. The molecule has 1 saturated heterocycles. The van der Waals surface area contributed by atoms with E-state index < -0.39 is 10.0 Å². The molecule has 9 heteroatoms. The molecule has 0 spiro atoms. The van der Waals surface area contributed by atoms with Gasteiger partial charge in [0, 0.05) is 35.5 Å². The molecule has 0 radical (unpaired) electrons. The molecular weight excluding hydrogens is 418 g/mol. The molecule has 1 atom stereocenters. The lowest BCUT2D eigenvalue weighted by atomic mass is 9.96. The number of sulfonamides is 1. The number of thiophene rings is 1. The van der Waals surface area contributed by atoms with Crippen molar-refractivity contribution in [2.24, 2.45) is 5.92 Å². The van der Waals surface area contributed by atoms with Crippen molar-refractivity contribution in [3.8, 4) is 11.4 Å². The Morgan fingerprint density at radius 3 is 2.82 bits per heavy atom. The maximum Gasteiger partial charge on any atom is 0.227 e. The van der Waals surface area contributed by atoms with Gasteiger partial charge in [-0.25, -0.2) is 12.7 Å². The van der Waals surface area contributed by atoms with Gasteiger partial charge in [-0.15, -0.1) is 0 Å². The number of rotatable bonds is 6. The lowest BCUT2D eigenvalue weighted by Crippen LogP contribution is -2.41. The van der Waals surface area contributed by atoms with Gasteiger partial charge in [-0.1, -0.05) is 28.9 Å². The first-order valence-corrected chi connectivity index (χ1v) is 12.0. The zero-order valence-electron chi connectivity index (χ0n) is 15.1. The number of benzene rings is 1. The molecule has 28 heavy (non-hydrogen) atoms. The zero-order valence-corrected chi connectivity index (χ0v) is 17.5. The molecule has 3 heterocycles. The summed E-state index contributed by atoms with van der Waals surface area (Å²) in [5, 5.41) is 8.57. The van der Waals surface area contributed by atoms with Crippen LogP contribution in [-0.4, -0.2) is 36.0 Å². The van der Waals surface area contributed by atoms with E-state index >= 15 is 0 Å². The van der Waals surface area contributed by atoms with Crippen molar-refractivity contribution in [1.82, 2.24) is 14.4 Å². The molecule has 0 amide bonds. The Balaban J connectivity index is 1.40. The molecule has 148 valence electrons. The van der Waals surface area contributed by atoms with E-state index in [0.717, 1.165) is 24.0 Å². The topological polar surface area (TPSA) is 76.3 Å². The highest BCUT2D eigenvalue weighted by molar-refractivity contribution is 7.88. The smallest absolute Gasteiger partial charge is 0.227 e. The molecule has 1 aromatic carbocycles. The average molecular weight is 438 g/mol. The predicted molar refractivity (Wildman–Crippen MR) is 110 cm³/mol. The Morgan fingerprint density at radius 1 is 1.25 bits per heavy atom. The van der Waals surface area contributed by atoms with Crippen LogP contribution >= 0.6 is 22.9 Å². The first-order chi connectivity index (χ1) is 13.5. The van der Waals surface area contributed by atoms with Gasteiger partial charge in [0.1, 0.15) is 0 Å². The quantitative estimate of drug-likeness (QED) is 0.576. The maximum atomic E-state index is 12.8. The Hall–Kier alpha value is -1.74. The van der Waals surface area contributed by atoms with Gasteiger partial charge in [0.25, 0.3) is 0 Å². The van der Waals surface area contributed by atoms with Gasteiger partial charge in [0.05, 0.1) is 5.75 Å². The minimum absolute atomic E-state index is 0.0141. The third-order valence-corrected chi connectivity index (χ3v) is 7.60. The molecule has 4 rings (SSSR count). The second-order valence-electron chi connectivity index (χ2n) is 6.98. The number of hydrogen-bond donors (Lipinski definition) is 0. The third-order valence-electron chi connectivity index (χ3n) is 4.85. The van der Waals surface area contributed by atoms with Crippen LogP contribution in [0.25, 0.3) is 11.4 Å². The third kappa shape index (κ3) is 4.63. The van der Waals surface area contributed by atoms with Gasteiger partial charge in [-0.05, 0) is 47.9 Å². The Morgan fingerprint density at radius 2 is 2.07 bits per heavy atom. The number of hydrogen-bond acceptors (Lipinski definition) is 6. The first kappa shape index (κ1) is 19.6. The van der Waals surface area contributed by atoms with Crippen LogP contribution in [0, 0.1) is 5.92 Å². The molecule has 1 aliphatic rings. The van der Waals surface area contributed by atoms with Gasteiger partial charge in [0.2, 0.25) is 21.7 Å². The summed E-state index contributed by atoms with van der Waals surface area (Å²) in [7, 11) is -3.38. The van der Waals surface area contributed by atoms with Crippen LogP contribution in [0.2, 0.25) is 5.02 Å². The fraction of sp³-hybridized carbons (Fsp3) is 0.368. The van der Waals surface area contributed by atoms with E-state index in [1.165, 1.54) is 0 Å². The van der Waals surface area contributed by atoms with Crippen molar-refractivity contribution >= 4 is 33.0 Å². The highest BCUT2D eigenvalue weighted by Crippen LogP contribution is 2.25. The van der Waals surface area contributed by atoms with Crippen molar-refractivity contribution < 1.29 is 12.9 Å². The summed E-state index contributed by atoms with van der Waals surface area (Å²) in [6, 6.07) is 8.89. The first-order valence-electron chi connectivity index (χ1n) is 9.07. The summed E-state index contributed by atoms with van der Waals surface area (Å²) in [5.41, 5.74) is 1.68. The van der Waals surface area contributed by atoms with E-state index in [9.17, 15) is 8.42 Å². The standard InChI is InChI=1S/C19H20ClN3O3S2/c20-17-5-3-14(4-6-17)13-28(24,25)23-8-1-2-15(11-23)10-18-21-19(22-26-18)16-7-9-27-12-16/h3-7,9,12,15H,1-2,8,10-11,13H2. The minimum Gasteiger partial charge on any atom is -0.339 e. The summed E-state index contributed by atoms with van der Waals surface area (Å²) < 4.78 is 32.7. The summed E-state index contributed by atoms with van der Waals surface area (Å²) in [5.74, 6) is 1.30. The molecule has 0 saturated carbocycles. The summed E-state index contributed by atoms with van der Waals surface area (Å²) in [4.78, 5) is 4.46. The van der Waals surface area contributed by atoms with Gasteiger partial charge < -0.3 is 4.52 Å². The Kier molecular flexibility index (Phi) is 5.82. The van der Waals surface area contributed by atoms with Crippen molar-refractivity contribution in [1.29, 1.82) is 0 Å². The van der Waals surface area contributed by atoms with Crippen LogP contribution in [0.3, 0.4) is 0 Å². The summed E-state index contributed by atoms with van der Waals surface area (Å²) >= 11 is 7.46. The number of nitrogens with zero attached hydrogens (tertiary/aromatic N) is 3. The van der Waals surface area contributed by atoms with Crippen LogP contribution in [0.1, 0.15) is 24.3 Å². The maximum absolute atomic E-state index is 12.8. The summed E-state index contributed by atoms with van der Waals surface area (Å²) in [6.07, 6.45) is 2.36. The van der Waals surface area contributed by atoms with Crippen molar-refractivity contribution in [3.05, 3.63) is 57.6 Å². The monoisotopic (exact) mass is 437 g/mol. The molecule has 2 aromatic heterocycles. The molecule has 0 bridgehead atoms. The van der Waals surface area contributed by atoms with Gasteiger partial charge in [0.15, 0.2) is 0 Å². The second kappa shape index (κ2) is 8.32. The SMILES string of the molecule is O=S(=O)(Cc1ccc(Cl)cc1)N1CCCC(Cc2nc(-c3ccsc3)no2)C1. The number of aromatic nitrogens is 2. The molecular formula is C19H20ClN3O3S2. The molecule has 1 fully saturated rings. The van der Waals surface area contributed by atoms with Crippen LogP contribution < -0.4 is 0 Å². The zero-order chi connectivity index (χ0) is 19.6. The fourth-order valence-electron chi connectivity index (χ4n) is 3.42. The summed E-state index contributed by atoms with van der Waals surface area (Å²) in [6.45, 7) is 1.03. The molecule has 0 N–H and O–H groups in total. The molecule has 0 aliphatic carbocycles. The second-order valence-corrected chi connectivity index (χ2v) is 10.2. The van der Waals surface area contributed by atoms with Crippen molar-refractivity contribution in [3.63, 3.8) is 0 Å². The van der Waals surface area contributed by atoms with E-state index in [-0.39, 0.29) is 11.7 Å². The van der Waals surface area contributed by atoms with Crippen LogP contribution in [-0.2, 0) is 22.2 Å². The highest BCUT2D eigenvalue weighted by atomic mass is 35.5. The lowest BCUT2D eigenvalue weighted by Gasteiger charge is -2.31. The largest absolute Gasteiger partial charge is 0.339 e. The van der Waals surface area contributed by atoms with Crippen LogP contribution in [0.5, 0.6) is 0 Å². The van der Waals surface area contributed by atoms with Gasteiger partial charge >= 0.3 is 0 Å². The number of halogens is 1. The van der Waals surface area contributed by atoms with E-state index in [0.29, 0.717) is 36.2 Å². The fourth-order valence-corrected chi connectivity index (χ4v) is 5.82. The lowest BCUT2D eigenvalue weighted by molar-refractivity contribution is 0.247. The van der Waals surface area contributed by atoms with Gasteiger partial charge in [-0.2, -0.15) is 16.3 Å². The highest BCUT2D eigenvalue weighted by Gasteiger charge is 2.30. The molecule has 1 aliphatic heterocycles. The van der Waals surface area contributed by atoms with Crippen molar-refractivity contribution in [2.75, 3.05) is 13.1 Å². The van der Waals surface area contributed by atoms with Crippen LogP contribution in [0.4, 0.5) is 0 Å². The number of piperidine rings is 1. The average Bonchev–Trinajstić information content (AvgIpc) is 3.35. The Labute approximate surface area is 173 Å². The van der Waals surface area contributed by atoms with E-state index in [2.05, 4.69) is 10.1 Å². The van der Waals surface area contributed by atoms with Gasteiger partial charge in [-0.3, -0.25) is 0 Å². The van der Waals surface area contributed by atoms with Crippen molar-refractivity contribution in [2.45, 2.75) is 25.0 Å². The molecule has 1 unspecified atom stereocenters. The molecule has 6 nitrogen and oxygen atoms in total.